The van der Waals surface area contributed by atoms with E-state index < -0.39 is 31.6 Å². The predicted molar refractivity (Wildman–Crippen MR) is 84.7 cm³/mol. The Bertz CT molecular complexity index is 731. The van der Waals surface area contributed by atoms with E-state index in [9.17, 15) is 19.0 Å². The Labute approximate surface area is 142 Å². The van der Waals surface area contributed by atoms with Crippen LogP contribution in [0.1, 0.15) is 15.9 Å². The number of hydrogen-bond acceptors (Lipinski definition) is 7. The molecule has 132 valence electrons. The van der Waals surface area contributed by atoms with Crippen LogP contribution in [0.2, 0.25) is 0 Å². The van der Waals surface area contributed by atoms with Crippen LogP contribution in [0.4, 0.5) is 4.39 Å². The minimum absolute atomic E-state index is 0.0439. The number of carbonyl (C=O) groups is 2. The molecule has 0 saturated heterocycles. The third-order valence-electron chi connectivity index (χ3n) is 3.83. The second-order valence-electron chi connectivity index (χ2n) is 5.64. The van der Waals surface area contributed by atoms with Gasteiger partial charge < -0.3 is 25.5 Å². The van der Waals surface area contributed by atoms with Gasteiger partial charge in [0.1, 0.15) is 19.0 Å². The van der Waals surface area contributed by atoms with Crippen LogP contribution in [0.3, 0.4) is 0 Å². The lowest BCUT2D eigenvalue weighted by Gasteiger charge is -2.29. The molecule has 1 amide bonds. The fourth-order valence-electron chi connectivity index (χ4n) is 2.67. The van der Waals surface area contributed by atoms with E-state index in [1.165, 1.54) is 17.3 Å². The average molecular weight is 350 g/mol. The molecule has 2 aliphatic rings. The van der Waals surface area contributed by atoms with Crippen molar-refractivity contribution in [1.29, 1.82) is 0 Å². The van der Waals surface area contributed by atoms with Crippen LogP contribution in [0, 0.1) is 0 Å². The molecule has 5 N–H and O–H groups in total. The number of hydrazine groups is 2. The number of nitrogens with one attached hydrogen (secondary N) is 3. The first-order valence-corrected chi connectivity index (χ1v) is 7.52. The molecular weight excluding hydrogens is 334 g/mol. The van der Waals surface area contributed by atoms with Crippen LogP contribution >= 0.6 is 0 Å². The summed E-state index contributed by atoms with van der Waals surface area (Å²) in [5.41, 5.74) is 5.99. The Hall–Kier alpha value is -2.79. The molecule has 0 spiro atoms. The van der Waals surface area contributed by atoms with Gasteiger partial charge in [0.05, 0.1) is 17.2 Å². The molecule has 0 fully saturated rings. The topological polar surface area (TPSA) is 123 Å². The van der Waals surface area contributed by atoms with Gasteiger partial charge in [-0.1, -0.05) is 12.1 Å². The van der Waals surface area contributed by atoms with E-state index in [-0.39, 0.29) is 24.3 Å². The van der Waals surface area contributed by atoms with E-state index in [1.807, 2.05) is 0 Å². The van der Waals surface area contributed by atoms with Gasteiger partial charge in [0, 0.05) is 6.20 Å². The Morgan fingerprint density at radius 2 is 2.28 bits per heavy atom. The van der Waals surface area contributed by atoms with Gasteiger partial charge in [0.15, 0.2) is 0 Å². The number of carbonyl (C=O) groups excluding carboxylic acids is 1. The van der Waals surface area contributed by atoms with Crippen LogP contribution in [0.25, 0.3) is 0 Å². The fraction of sp³-hybridized carbons (Fsp3) is 0.286. The summed E-state index contributed by atoms with van der Waals surface area (Å²) in [6, 6.07) is 4.63. The maximum atomic E-state index is 12.5. The van der Waals surface area contributed by atoms with Crippen molar-refractivity contribution in [3.8, 4) is 5.75 Å². The van der Waals surface area contributed by atoms with Crippen LogP contribution < -0.4 is 20.9 Å². The van der Waals surface area contributed by atoms with Crippen molar-refractivity contribution >= 4 is 19.0 Å². The summed E-state index contributed by atoms with van der Waals surface area (Å²) in [5, 5.41) is 23.2. The standard InChI is InChI=1S/C14H16BFN4O5/c16-5-9-6-20(19-18-9)7-12(21)17-11-4-8-2-1-3-10(14(22)23)13(8)25-15(11)24/h1-3,6,11,18-19,24H,4-5,7H2,(H,17,21)(H,22,23)/t11-/m0/s1. The number of carboxylic acid groups (broad SMARTS) is 1. The quantitative estimate of drug-likeness (QED) is 0.427. The van der Waals surface area contributed by atoms with E-state index in [2.05, 4.69) is 16.3 Å². The normalized spacial score (nSPS) is 18.8. The zero-order chi connectivity index (χ0) is 18.0. The van der Waals surface area contributed by atoms with Gasteiger partial charge in [-0.25, -0.2) is 9.18 Å². The van der Waals surface area contributed by atoms with E-state index >= 15 is 0 Å². The number of aromatic carboxylic acids is 1. The molecule has 0 saturated carbocycles. The number of alkyl halides is 1. The number of hydrogen-bond donors (Lipinski definition) is 5. The molecule has 0 aliphatic carbocycles. The maximum Gasteiger partial charge on any atom is 0.547 e. The highest BCUT2D eigenvalue weighted by atomic mass is 19.1. The molecule has 1 aromatic carbocycles. The third kappa shape index (κ3) is 3.67. The van der Waals surface area contributed by atoms with Crippen molar-refractivity contribution in [2.45, 2.75) is 12.4 Å². The van der Waals surface area contributed by atoms with Crippen LogP contribution in [0.5, 0.6) is 5.75 Å². The predicted octanol–water partition coefficient (Wildman–Crippen LogP) is -1.04. The Morgan fingerprint density at radius 1 is 1.48 bits per heavy atom. The average Bonchev–Trinajstić information content (AvgIpc) is 3.02. The van der Waals surface area contributed by atoms with E-state index in [0.717, 1.165) is 0 Å². The molecule has 2 heterocycles. The monoisotopic (exact) mass is 350 g/mol. The summed E-state index contributed by atoms with van der Waals surface area (Å²) in [6.07, 6.45) is 1.64. The molecule has 3 rings (SSSR count). The van der Waals surface area contributed by atoms with Crippen molar-refractivity contribution in [1.82, 2.24) is 21.3 Å². The number of halogens is 1. The van der Waals surface area contributed by atoms with E-state index in [4.69, 9.17) is 9.76 Å². The van der Waals surface area contributed by atoms with Gasteiger partial charge in [0.2, 0.25) is 5.91 Å². The first kappa shape index (κ1) is 17.1. The highest BCUT2D eigenvalue weighted by Gasteiger charge is 2.37. The molecule has 9 nitrogen and oxygen atoms in total. The van der Waals surface area contributed by atoms with Crippen LogP contribution in [-0.2, 0) is 11.2 Å². The van der Waals surface area contributed by atoms with Gasteiger partial charge in [0.25, 0.3) is 0 Å². The van der Waals surface area contributed by atoms with Crippen LogP contribution in [-0.4, -0.2) is 53.3 Å². The first-order valence-electron chi connectivity index (χ1n) is 7.52. The number of rotatable bonds is 5. The lowest BCUT2D eigenvalue weighted by atomic mass is 9.72. The Balaban J connectivity index is 1.64. The summed E-state index contributed by atoms with van der Waals surface area (Å²) < 4.78 is 17.8. The highest BCUT2D eigenvalue weighted by molar-refractivity contribution is 6.47. The number of amides is 1. The van der Waals surface area contributed by atoms with Crippen molar-refractivity contribution < 1.29 is 28.8 Å². The maximum absolute atomic E-state index is 12.5. The van der Waals surface area contributed by atoms with Crippen molar-refractivity contribution in [2.75, 3.05) is 13.2 Å². The van der Waals surface area contributed by atoms with Gasteiger partial charge in [-0.15, -0.1) is 5.53 Å². The van der Waals surface area contributed by atoms with Gasteiger partial charge in [-0.2, -0.15) is 0 Å². The molecule has 1 aromatic rings. The summed E-state index contributed by atoms with van der Waals surface area (Å²) in [5.74, 6) is -2.20. The summed E-state index contributed by atoms with van der Waals surface area (Å²) in [6.45, 7) is -0.801. The summed E-state index contributed by atoms with van der Waals surface area (Å²) in [4.78, 5) is 23.3. The first-order chi connectivity index (χ1) is 12.0. The molecule has 1 atom stereocenters. The van der Waals surface area contributed by atoms with Crippen LogP contribution in [0.15, 0.2) is 30.1 Å². The summed E-state index contributed by atoms with van der Waals surface area (Å²) in [7, 11) is -1.38. The van der Waals surface area contributed by atoms with E-state index in [1.54, 1.807) is 12.1 Å². The minimum Gasteiger partial charge on any atom is -0.534 e. The van der Waals surface area contributed by atoms with Gasteiger partial charge >= 0.3 is 13.1 Å². The van der Waals surface area contributed by atoms with Gasteiger partial charge in [-0.05, 0) is 18.1 Å². The molecule has 25 heavy (non-hydrogen) atoms. The minimum atomic E-state index is -1.38. The zero-order valence-corrected chi connectivity index (χ0v) is 13.0. The molecule has 0 radical (unpaired) electrons. The lowest BCUT2D eigenvalue weighted by Crippen LogP contribution is -2.55. The summed E-state index contributed by atoms with van der Waals surface area (Å²) >= 11 is 0. The zero-order valence-electron chi connectivity index (χ0n) is 13.0. The SMILES string of the molecule is O=C(CN1C=C(CF)NN1)N[C@H]1Cc2cccc(C(=O)O)c2OB1O. The molecule has 2 aliphatic heterocycles. The second-order valence-corrected chi connectivity index (χ2v) is 5.64. The molecule has 0 unspecified atom stereocenters. The largest absolute Gasteiger partial charge is 0.547 e. The fourth-order valence-corrected chi connectivity index (χ4v) is 2.67. The van der Waals surface area contributed by atoms with Crippen molar-refractivity contribution in [3.63, 3.8) is 0 Å². The number of nitrogens with zero attached hydrogens (tertiary/aromatic N) is 1. The Kier molecular flexibility index (Phi) is 4.77. The number of carboxylic acids is 1. The number of fused-ring (bicyclic) bond motifs is 1. The number of allylic oxidation sites excluding steroid dienone is 1. The molecule has 0 bridgehead atoms. The van der Waals surface area contributed by atoms with Gasteiger partial charge in [-0.3, -0.25) is 9.80 Å². The highest BCUT2D eigenvalue weighted by Crippen LogP contribution is 2.30. The molecule has 0 aromatic heterocycles. The van der Waals surface area contributed by atoms with E-state index in [0.29, 0.717) is 11.3 Å². The third-order valence-corrected chi connectivity index (χ3v) is 3.83. The number of para-hydroxylation sites is 1. The number of benzene rings is 1. The molecule has 11 heteroatoms. The lowest BCUT2D eigenvalue weighted by molar-refractivity contribution is -0.122. The molecular formula is C14H16BFN4O5. The van der Waals surface area contributed by atoms with Crippen molar-refractivity contribution in [2.24, 2.45) is 0 Å². The Morgan fingerprint density at radius 3 is 2.96 bits per heavy atom. The van der Waals surface area contributed by atoms with Crippen molar-refractivity contribution in [3.05, 3.63) is 41.2 Å². The smallest absolute Gasteiger partial charge is 0.534 e. The second kappa shape index (κ2) is 6.99.